The Morgan fingerprint density at radius 1 is 1.29 bits per heavy atom. The summed E-state index contributed by atoms with van der Waals surface area (Å²) in [5.41, 5.74) is 2.54. The first-order valence-corrected chi connectivity index (χ1v) is 11.3. The molecule has 0 bridgehead atoms. The van der Waals surface area contributed by atoms with E-state index in [0.717, 1.165) is 36.1 Å². The molecule has 35 heavy (non-hydrogen) atoms. The molecule has 180 valence electrons. The van der Waals surface area contributed by atoms with Crippen molar-refractivity contribution < 1.29 is 13.9 Å². The Labute approximate surface area is 203 Å². The van der Waals surface area contributed by atoms with Crippen LogP contribution in [0.3, 0.4) is 0 Å². The first-order valence-electron chi connectivity index (χ1n) is 11.3. The van der Waals surface area contributed by atoms with E-state index in [1.54, 1.807) is 23.7 Å². The molecular formula is C26H27FN6O2. The number of nitrogens with one attached hydrogen (secondary N) is 1. The average molecular weight is 475 g/mol. The molecular weight excluding hydrogens is 447 g/mol. The molecule has 4 heterocycles. The first-order chi connectivity index (χ1) is 16.7. The lowest BCUT2D eigenvalue weighted by molar-refractivity contribution is -0.00545. The highest BCUT2D eigenvalue weighted by atomic mass is 19.1. The number of allylic oxidation sites excluding steroid dienone is 2. The summed E-state index contributed by atoms with van der Waals surface area (Å²) in [5, 5.41) is 22.0. The Balaban J connectivity index is 1.65. The normalized spacial score (nSPS) is 19.0. The van der Waals surface area contributed by atoms with Gasteiger partial charge in [0.2, 0.25) is 0 Å². The van der Waals surface area contributed by atoms with Gasteiger partial charge in [0, 0.05) is 36.6 Å². The van der Waals surface area contributed by atoms with Crippen molar-refractivity contribution in [3.05, 3.63) is 66.9 Å². The summed E-state index contributed by atoms with van der Waals surface area (Å²) in [5.74, 6) is 0.620. The van der Waals surface area contributed by atoms with Crippen LogP contribution in [0.1, 0.15) is 26.3 Å². The molecule has 0 aromatic carbocycles. The van der Waals surface area contributed by atoms with Gasteiger partial charge in [0.25, 0.3) is 0 Å². The number of aromatic nitrogens is 3. The van der Waals surface area contributed by atoms with E-state index < -0.39 is 11.9 Å². The van der Waals surface area contributed by atoms with Gasteiger partial charge < -0.3 is 19.8 Å². The fraction of sp³-hybridized carbons (Fsp3) is 0.308. The third-order valence-electron chi connectivity index (χ3n) is 5.71. The zero-order chi connectivity index (χ0) is 25.1. The number of halogens is 1. The van der Waals surface area contributed by atoms with E-state index >= 15 is 0 Å². The highest BCUT2D eigenvalue weighted by Gasteiger charge is 2.23. The van der Waals surface area contributed by atoms with Crippen molar-refractivity contribution in [3.63, 3.8) is 0 Å². The number of nitriles is 1. The van der Waals surface area contributed by atoms with Gasteiger partial charge in [-0.2, -0.15) is 10.4 Å². The summed E-state index contributed by atoms with van der Waals surface area (Å²) in [6, 6.07) is 7.88. The summed E-state index contributed by atoms with van der Waals surface area (Å²) in [6.07, 6.45) is 7.05. The lowest BCUT2D eigenvalue weighted by Crippen LogP contribution is -2.45. The van der Waals surface area contributed by atoms with Crippen LogP contribution in [0.15, 0.2) is 61.3 Å². The highest BCUT2D eigenvalue weighted by molar-refractivity contribution is 5.96. The number of rotatable bonds is 7. The molecule has 3 aromatic rings. The van der Waals surface area contributed by atoms with Crippen LogP contribution in [0.5, 0.6) is 5.75 Å². The second-order valence-electron chi connectivity index (χ2n) is 8.62. The van der Waals surface area contributed by atoms with Crippen molar-refractivity contribution in [1.82, 2.24) is 14.6 Å². The minimum atomic E-state index is -0.697. The van der Waals surface area contributed by atoms with Crippen LogP contribution in [-0.4, -0.2) is 51.7 Å². The number of hydrogen-bond donors (Lipinski definition) is 1. The van der Waals surface area contributed by atoms with Gasteiger partial charge in [-0.25, -0.2) is 13.9 Å². The lowest BCUT2D eigenvalue weighted by atomic mass is 10.1. The summed E-state index contributed by atoms with van der Waals surface area (Å²) in [6.45, 7) is 10.5. The number of pyridine rings is 2. The van der Waals surface area contributed by atoms with Crippen LogP contribution < -0.4 is 9.64 Å². The zero-order valence-corrected chi connectivity index (χ0v) is 19.9. The van der Waals surface area contributed by atoms with Crippen molar-refractivity contribution >= 4 is 17.0 Å². The van der Waals surface area contributed by atoms with Crippen molar-refractivity contribution in [3.8, 4) is 22.9 Å². The van der Waals surface area contributed by atoms with Crippen LogP contribution in [-0.2, 0) is 4.74 Å². The third kappa shape index (κ3) is 5.39. The van der Waals surface area contributed by atoms with E-state index in [1.807, 2.05) is 18.3 Å². The van der Waals surface area contributed by atoms with Crippen molar-refractivity contribution in [2.75, 3.05) is 18.0 Å². The van der Waals surface area contributed by atoms with Gasteiger partial charge in [-0.1, -0.05) is 6.58 Å². The summed E-state index contributed by atoms with van der Waals surface area (Å²) in [7, 11) is 0. The SMILES string of the molecule is C=C(F)/C=C\C(=N)[C@@H](C)Oc1cc(-c2ccc(N3C[C@@H](C)O[C@@H](C)C3)nc2)cn2ncc(C#N)c12. The third-order valence-corrected chi connectivity index (χ3v) is 5.71. The van der Waals surface area contributed by atoms with E-state index in [0.29, 0.717) is 16.8 Å². The number of fused-ring (bicyclic) bond motifs is 1. The second kappa shape index (κ2) is 10.1. The van der Waals surface area contributed by atoms with Crippen LogP contribution in [0, 0.1) is 16.7 Å². The molecule has 1 N–H and O–H groups in total. The number of morpholine rings is 1. The molecule has 1 fully saturated rings. The summed E-state index contributed by atoms with van der Waals surface area (Å²) in [4.78, 5) is 6.88. The molecule has 0 aliphatic carbocycles. The number of anilines is 1. The van der Waals surface area contributed by atoms with E-state index in [9.17, 15) is 9.65 Å². The Bertz CT molecular complexity index is 1310. The maximum atomic E-state index is 13.0. The Morgan fingerprint density at radius 2 is 2.03 bits per heavy atom. The topological polar surface area (TPSA) is 99.5 Å². The predicted octanol–water partition coefficient (Wildman–Crippen LogP) is 4.71. The van der Waals surface area contributed by atoms with Gasteiger partial charge in [-0.3, -0.25) is 0 Å². The standard InChI is InChI=1S/C26H27FN6O2/c1-16(27)5-7-23(29)19(4)35-24-9-21(15-33-26(24)22(10-28)12-31-33)20-6-8-25(30-11-20)32-13-17(2)34-18(3)14-32/h5-9,11-12,15,17-19,29H,1,13-14H2,2-4H3/b7-5-,29-23?/t17-,18+,19-/m1/s1. The minimum Gasteiger partial charge on any atom is -0.482 e. The molecule has 0 amide bonds. The molecule has 3 aromatic heterocycles. The van der Waals surface area contributed by atoms with E-state index in [2.05, 4.69) is 41.5 Å². The number of ether oxygens (including phenoxy) is 2. The number of hydrogen-bond acceptors (Lipinski definition) is 7. The average Bonchev–Trinajstić information content (AvgIpc) is 3.25. The minimum absolute atomic E-state index is 0.0605. The van der Waals surface area contributed by atoms with Crippen LogP contribution in [0.4, 0.5) is 10.2 Å². The highest BCUT2D eigenvalue weighted by Crippen LogP contribution is 2.31. The molecule has 1 aliphatic heterocycles. The van der Waals surface area contributed by atoms with E-state index in [-0.39, 0.29) is 17.9 Å². The van der Waals surface area contributed by atoms with Gasteiger partial charge in [0.05, 0.1) is 24.1 Å². The molecule has 0 saturated carbocycles. The molecule has 1 saturated heterocycles. The number of nitrogens with zero attached hydrogens (tertiary/aromatic N) is 5. The zero-order valence-electron chi connectivity index (χ0n) is 19.9. The lowest BCUT2D eigenvalue weighted by Gasteiger charge is -2.36. The van der Waals surface area contributed by atoms with Gasteiger partial charge in [0.15, 0.2) is 0 Å². The Hall–Kier alpha value is -4.03. The molecule has 9 heteroatoms. The van der Waals surface area contributed by atoms with Crippen LogP contribution in [0.2, 0.25) is 0 Å². The molecule has 4 rings (SSSR count). The fourth-order valence-electron chi connectivity index (χ4n) is 4.09. The molecule has 0 spiro atoms. The monoisotopic (exact) mass is 474 g/mol. The van der Waals surface area contributed by atoms with E-state index in [1.165, 1.54) is 12.3 Å². The van der Waals surface area contributed by atoms with Crippen molar-refractivity contribution in [2.45, 2.75) is 39.1 Å². The van der Waals surface area contributed by atoms with E-state index in [4.69, 9.17) is 14.9 Å². The molecule has 1 aliphatic rings. The molecule has 8 nitrogen and oxygen atoms in total. The van der Waals surface area contributed by atoms with Crippen LogP contribution >= 0.6 is 0 Å². The van der Waals surface area contributed by atoms with Crippen molar-refractivity contribution in [1.29, 1.82) is 10.7 Å². The smallest absolute Gasteiger partial charge is 0.148 e. The quantitative estimate of drug-likeness (QED) is 0.393. The largest absolute Gasteiger partial charge is 0.482 e. The predicted molar refractivity (Wildman–Crippen MR) is 133 cm³/mol. The van der Waals surface area contributed by atoms with Gasteiger partial charge in [-0.05, 0) is 51.1 Å². The molecule has 0 unspecified atom stereocenters. The van der Waals surface area contributed by atoms with Gasteiger partial charge >= 0.3 is 0 Å². The second-order valence-corrected chi connectivity index (χ2v) is 8.62. The Kier molecular flexibility index (Phi) is 6.94. The summed E-state index contributed by atoms with van der Waals surface area (Å²) < 4.78 is 26.4. The van der Waals surface area contributed by atoms with Crippen molar-refractivity contribution in [2.24, 2.45) is 0 Å². The maximum Gasteiger partial charge on any atom is 0.148 e. The summed E-state index contributed by atoms with van der Waals surface area (Å²) >= 11 is 0. The molecule has 0 radical (unpaired) electrons. The Morgan fingerprint density at radius 3 is 2.66 bits per heavy atom. The van der Waals surface area contributed by atoms with Gasteiger partial charge in [0.1, 0.15) is 40.6 Å². The van der Waals surface area contributed by atoms with Gasteiger partial charge in [-0.15, -0.1) is 0 Å². The first kappa shape index (κ1) is 24.1. The van der Waals surface area contributed by atoms with Crippen LogP contribution in [0.25, 0.3) is 16.6 Å². The fourth-order valence-corrected chi connectivity index (χ4v) is 4.09. The maximum absolute atomic E-state index is 13.0. The molecule has 3 atom stereocenters.